The fourth-order valence-electron chi connectivity index (χ4n) is 1.89. The SMILES string of the molecule is Cc1nc(CC2CSCCN2)c(C)c(=O)[nH]1. The van der Waals surface area contributed by atoms with Gasteiger partial charge in [-0.2, -0.15) is 11.8 Å². The molecule has 0 amide bonds. The molecule has 0 bridgehead atoms. The van der Waals surface area contributed by atoms with Crippen molar-refractivity contribution in [3.05, 3.63) is 27.4 Å². The topological polar surface area (TPSA) is 57.8 Å². The lowest BCUT2D eigenvalue weighted by molar-refractivity contribution is 0.554. The summed E-state index contributed by atoms with van der Waals surface area (Å²) in [5.74, 6) is 2.98. The summed E-state index contributed by atoms with van der Waals surface area (Å²) >= 11 is 1.96. The zero-order valence-corrected chi connectivity index (χ0v) is 10.5. The molecule has 0 aromatic carbocycles. The van der Waals surface area contributed by atoms with Crippen LogP contribution < -0.4 is 10.9 Å². The second kappa shape index (κ2) is 5.01. The number of hydrogen-bond donors (Lipinski definition) is 2. The number of nitrogens with one attached hydrogen (secondary N) is 2. The molecule has 1 aliphatic rings. The molecule has 4 nitrogen and oxygen atoms in total. The van der Waals surface area contributed by atoms with E-state index < -0.39 is 0 Å². The van der Waals surface area contributed by atoms with Crippen molar-refractivity contribution in [3.63, 3.8) is 0 Å². The zero-order chi connectivity index (χ0) is 11.5. The lowest BCUT2D eigenvalue weighted by atomic mass is 10.1. The van der Waals surface area contributed by atoms with E-state index in [1.807, 2.05) is 25.6 Å². The number of aromatic amines is 1. The van der Waals surface area contributed by atoms with E-state index in [4.69, 9.17) is 0 Å². The van der Waals surface area contributed by atoms with Gasteiger partial charge in [-0.3, -0.25) is 4.79 Å². The van der Waals surface area contributed by atoms with Crippen LogP contribution in [0.3, 0.4) is 0 Å². The lowest BCUT2D eigenvalue weighted by Crippen LogP contribution is -2.39. The van der Waals surface area contributed by atoms with Gasteiger partial charge in [-0.15, -0.1) is 0 Å². The molecular weight excluding hydrogens is 222 g/mol. The van der Waals surface area contributed by atoms with Crippen LogP contribution in [-0.4, -0.2) is 34.1 Å². The van der Waals surface area contributed by atoms with Crippen LogP contribution in [0, 0.1) is 13.8 Å². The molecule has 16 heavy (non-hydrogen) atoms. The van der Waals surface area contributed by atoms with E-state index in [1.165, 1.54) is 5.75 Å². The minimum absolute atomic E-state index is 0.00837. The second-order valence-electron chi connectivity index (χ2n) is 4.15. The van der Waals surface area contributed by atoms with Gasteiger partial charge in [0.2, 0.25) is 0 Å². The van der Waals surface area contributed by atoms with E-state index >= 15 is 0 Å². The Hall–Kier alpha value is -0.810. The van der Waals surface area contributed by atoms with Crippen LogP contribution in [0.4, 0.5) is 0 Å². The Labute approximate surface area is 99.3 Å². The van der Waals surface area contributed by atoms with Gasteiger partial charge in [0.05, 0.1) is 5.69 Å². The summed E-state index contributed by atoms with van der Waals surface area (Å²) in [5, 5.41) is 3.46. The van der Waals surface area contributed by atoms with Crippen molar-refractivity contribution in [2.45, 2.75) is 26.3 Å². The molecule has 1 aromatic heterocycles. The van der Waals surface area contributed by atoms with Gasteiger partial charge in [0.25, 0.3) is 5.56 Å². The number of aromatic nitrogens is 2. The summed E-state index contributed by atoms with van der Waals surface area (Å²) < 4.78 is 0. The average Bonchev–Trinajstić information content (AvgIpc) is 2.27. The molecule has 0 spiro atoms. The normalized spacial score (nSPS) is 21.0. The maximum absolute atomic E-state index is 11.6. The van der Waals surface area contributed by atoms with Gasteiger partial charge in [-0.05, 0) is 13.8 Å². The standard InChI is InChI=1S/C11H17N3OS/c1-7-10(13-8(2)14-11(7)15)5-9-6-16-4-3-12-9/h9,12H,3-6H2,1-2H3,(H,13,14,15). The van der Waals surface area contributed by atoms with Gasteiger partial charge in [0.15, 0.2) is 0 Å². The molecule has 0 aliphatic carbocycles. The first-order valence-electron chi connectivity index (χ1n) is 5.54. The Balaban J connectivity index is 2.16. The molecule has 1 aromatic rings. The van der Waals surface area contributed by atoms with Gasteiger partial charge in [0, 0.05) is 36.1 Å². The van der Waals surface area contributed by atoms with Crippen molar-refractivity contribution in [2.75, 3.05) is 18.1 Å². The van der Waals surface area contributed by atoms with Crippen molar-refractivity contribution in [1.82, 2.24) is 15.3 Å². The Morgan fingerprint density at radius 3 is 3.00 bits per heavy atom. The number of H-pyrrole nitrogens is 1. The monoisotopic (exact) mass is 239 g/mol. The Kier molecular flexibility index (Phi) is 3.66. The number of hydrogen-bond acceptors (Lipinski definition) is 4. The average molecular weight is 239 g/mol. The molecule has 1 saturated heterocycles. The van der Waals surface area contributed by atoms with E-state index in [2.05, 4.69) is 15.3 Å². The number of nitrogens with zero attached hydrogens (tertiary/aromatic N) is 1. The van der Waals surface area contributed by atoms with Crippen molar-refractivity contribution in [1.29, 1.82) is 0 Å². The summed E-state index contributed by atoms with van der Waals surface area (Å²) in [6.45, 7) is 4.72. The van der Waals surface area contributed by atoms with Crippen molar-refractivity contribution in [3.8, 4) is 0 Å². The molecular formula is C11H17N3OS. The third-order valence-electron chi connectivity index (χ3n) is 2.81. The first-order chi connectivity index (χ1) is 7.66. The summed E-state index contributed by atoms with van der Waals surface area (Å²) in [6, 6.07) is 0.450. The first kappa shape index (κ1) is 11.7. The van der Waals surface area contributed by atoms with Crippen LogP contribution in [0.15, 0.2) is 4.79 Å². The highest BCUT2D eigenvalue weighted by Crippen LogP contribution is 2.12. The minimum atomic E-state index is -0.00837. The van der Waals surface area contributed by atoms with Crippen LogP contribution in [0.5, 0.6) is 0 Å². The first-order valence-corrected chi connectivity index (χ1v) is 6.70. The van der Waals surface area contributed by atoms with E-state index in [0.717, 1.165) is 30.0 Å². The van der Waals surface area contributed by atoms with Crippen LogP contribution in [0.25, 0.3) is 0 Å². The molecule has 5 heteroatoms. The van der Waals surface area contributed by atoms with Gasteiger partial charge in [0.1, 0.15) is 5.82 Å². The maximum Gasteiger partial charge on any atom is 0.254 e. The summed E-state index contributed by atoms with van der Waals surface area (Å²) in [5.41, 5.74) is 1.68. The second-order valence-corrected chi connectivity index (χ2v) is 5.30. The van der Waals surface area contributed by atoms with Crippen LogP contribution in [0.2, 0.25) is 0 Å². The number of rotatable bonds is 2. The largest absolute Gasteiger partial charge is 0.312 e. The van der Waals surface area contributed by atoms with E-state index in [0.29, 0.717) is 11.9 Å². The lowest BCUT2D eigenvalue weighted by Gasteiger charge is -2.23. The minimum Gasteiger partial charge on any atom is -0.312 e. The fraction of sp³-hybridized carbons (Fsp3) is 0.636. The van der Waals surface area contributed by atoms with E-state index in [1.54, 1.807) is 0 Å². The van der Waals surface area contributed by atoms with Crippen molar-refractivity contribution >= 4 is 11.8 Å². The highest BCUT2D eigenvalue weighted by molar-refractivity contribution is 7.99. The van der Waals surface area contributed by atoms with Gasteiger partial charge in [-0.1, -0.05) is 0 Å². The molecule has 2 N–H and O–H groups in total. The molecule has 1 aliphatic heterocycles. The number of aryl methyl sites for hydroxylation is 1. The highest BCUT2D eigenvalue weighted by Gasteiger charge is 2.16. The van der Waals surface area contributed by atoms with E-state index in [9.17, 15) is 4.79 Å². The fourth-order valence-corrected chi connectivity index (χ4v) is 2.84. The molecule has 88 valence electrons. The molecule has 2 rings (SSSR count). The van der Waals surface area contributed by atoms with Crippen LogP contribution in [-0.2, 0) is 6.42 Å². The molecule has 1 unspecified atom stereocenters. The van der Waals surface area contributed by atoms with Crippen molar-refractivity contribution < 1.29 is 0 Å². The predicted octanol–water partition coefficient (Wildman–Crippen LogP) is 0.634. The molecule has 1 atom stereocenters. The molecule has 0 saturated carbocycles. The third-order valence-corrected chi connectivity index (χ3v) is 3.94. The Morgan fingerprint density at radius 2 is 2.31 bits per heavy atom. The van der Waals surface area contributed by atoms with Gasteiger partial charge < -0.3 is 10.3 Å². The van der Waals surface area contributed by atoms with E-state index in [-0.39, 0.29) is 5.56 Å². The van der Waals surface area contributed by atoms with Crippen LogP contribution in [0.1, 0.15) is 17.1 Å². The Morgan fingerprint density at radius 1 is 1.50 bits per heavy atom. The summed E-state index contributed by atoms with van der Waals surface area (Å²) in [4.78, 5) is 18.7. The van der Waals surface area contributed by atoms with Crippen molar-refractivity contribution in [2.24, 2.45) is 0 Å². The summed E-state index contributed by atoms with van der Waals surface area (Å²) in [7, 11) is 0. The Bertz CT molecular complexity index is 424. The molecule has 2 heterocycles. The smallest absolute Gasteiger partial charge is 0.254 e. The number of thioether (sulfide) groups is 1. The predicted molar refractivity (Wildman–Crippen MR) is 67.2 cm³/mol. The van der Waals surface area contributed by atoms with Crippen LogP contribution >= 0.6 is 11.8 Å². The molecule has 1 fully saturated rings. The third kappa shape index (κ3) is 2.65. The van der Waals surface area contributed by atoms with Gasteiger partial charge in [-0.25, -0.2) is 4.98 Å². The molecule has 0 radical (unpaired) electrons. The highest BCUT2D eigenvalue weighted by atomic mass is 32.2. The zero-order valence-electron chi connectivity index (χ0n) is 9.67. The summed E-state index contributed by atoms with van der Waals surface area (Å²) in [6.07, 6.45) is 0.851. The van der Waals surface area contributed by atoms with Gasteiger partial charge >= 0.3 is 0 Å². The quantitative estimate of drug-likeness (QED) is 0.795. The maximum atomic E-state index is 11.6.